The van der Waals surface area contributed by atoms with Crippen LogP contribution in [0.4, 0.5) is 23.9 Å². The maximum atomic E-state index is 12.2. The van der Waals surface area contributed by atoms with Crippen LogP contribution in [0.5, 0.6) is 11.6 Å². The molecule has 0 spiro atoms. The smallest absolute Gasteiger partial charge is 0.481 e. The van der Waals surface area contributed by atoms with E-state index in [-0.39, 0.29) is 41.4 Å². The van der Waals surface area contributed by atoms with Gasteiger partial charge in [-0.2, -0.15) is 26.6 Å². The van der Waals surface area contributed by atoms with Gasteiger partial charge in [-0.25, -0.2) is 9.78 Å². The quantitative estimate of drug-likeness (QED) is 0.413. The molecule has 0 aliphatic carbocycles. The van der Waals surface area contributed by atoms with E-state index >= 15 is 0 Å². The first-order valence-corrected chi connectivity index (χ1v) is 9.46. The zero-order valence-corrected chi connectivity index (χ0v) is 19.7. The molecule has 1 heterocycles. The second-order valence-electron chi connectivity index (χ2n) is 5.60. The average molecular weight is 486 g/mol. The number of ether oxygens (including phenoxy) is 2. The summed E-state index contributed by atoms with van der Waals surface area (Å²) < 4.78 is 77.0. The van der Waals surface area contributed by atoms with Crippen molar-refractivity contribution in [2.45, 2.75) is 13.1 Å². The van der Waals surface area contributed by atoms with Crippen molar-refractivity contribution in [3.8, 4) is 11.6 Å². The number of rotatable bonds is 7. The van der Waals surface area contributed by atoms with Crippen LogP contribution in [0.25, 0.3) is 4.72 Å². The summed E-state index contributed by atoms with van der Waals surface area (Å²) in [6, 6.07) is 4.40. The number of hydrogen-bond donors (Lipinski definition) is 1. The minimum atomic E-state index is -4.98. The van der Waals surface area contributed by atoms with Crippen LogP contribution in [0.1, 0.15) is 16.1 Å². The van der Waals surface area contributed by atoms with Gasteiger partial charge in [0, 0.05) is 11.8 Å². The van der Waals surface area contributed by atoms with Crippen molar-refractivity contribution in [2.75, 3.05) is 19.0 Å². The fourth-order valence-corrected chi connectivity index (χ4v) is 2.64. The summed E-state index contributed by atoms with van der Waals surface area (Å²) >= 11 is 0. The molecule has 0 aliphatic rings. The number of aryl methyl sites for hydroxylation is 1. The van der Waals surface area contributed by atoms with E-state index in [0.717, 1.165) is 12.1 Å². The standard InChI is InChI=1S/C16H15F3N4O7S.Na/c1-9-7-12(28-2)21-14(20-9)22-15(25)23-31(26,27)30-11-6-4-3-5-10(11)13(24)29-8-16(17,18)19;/h3-7H,8H2,1-2H3,(H2,20,21,22,23,25);/q;+1/p-1. The first kappa shape index (κ1) is 27.4. The third-order valence-electron chi connectivity index (χ3n) is 3.12. The Morgan fingerprint density at radius 3 is 2.47 bits per heavy atom. The number of carbonyl (C=O) groups is 2. The largest absolute Gasteiger partial charge is 1.00 e. The van der Waals surface area contributed by atoms with Crippen LogP contribution in [-0.4, -0.2) is 50.3 Å². The molecule has 2 amide bonds. The molecule has 0 bridgehead atoms. The molecule has 1 N–H and O–H groups in total. The topological polar surface area (TPSA) is 148 Å². The number of benzene rings is 1. The number of nitrogens with one attached hydrogen (secondary N) is 1. The number of alkyl halides is 3. The number of hydrogen-bond acceptors (Lipinski definition) is 9. The van der Waals surface area contributed by atoms with Gasteiger partial charge in [-0.3, -0.25) is 9.52 Å². The minimum Gasteiger partial charge on any atom is -0.481 e. The van der Waals surface area contributed by atoms with Crippen molar-refractivity contribution < 1.29 is 74.4 Å². The van der Waals surface area contributed by atoms with Gasteiger partial charge < -0.3 is 19.0 Å². The van der Waals surface area contributed by atoms with E-state index in [1.54, 1.807) is 6.92 Å². The molecule has 32 heavy (non-hydrogen) atoms. The second kappa shape index (κ2) is 11.3. The number of halogens is 3. The van der Waals surface area contributed by atoms with E-state index in [1.807, 2.05) is 5.32 Å². The van der Waals surface area contributed by atoms with Gasteiger partial charge in [0.05, 0.1) is 7.11 Å². The van der Waals surface area contributed by atoms with Gasteiger partial charge in [-0.15, -0.1) is 0 Å². The monoisotopic (exact) mass is 486 g/mol. The minimum absolute atomic E-state index is 0. The summed E-state index contributed by atoms with van der Waals surface area (Å²) in [4.78, 5) is 31.3. The zero-order chi connectivity index (χ0) is 23.2. The van der Waals surface area contributed by atoms with Crippen molar-refractivity contribution in [1.82, 2.24) is 9.97 Å². The Bertz CT molecular complexity index is 1080. The van der Waals surface area contributed by atoms with Crippen LogP contribution in [0.3, 0.4) is 0 Å². The van der Waals surface area contributed by atoms with E-state index in [0.29, 0.717) is 5.69 Å². The number of carbonyl (C=O) groups excluding carboxylic acids is 2. The third-order valence-corrected chi connectivity index (χ3v) is 3.90. The molecule has 0 saturated carbocycles. The molecular formula is C16H14F3N4NaO7S. The fraction of sp³-hybridized carbons (Fsp3) is 0.250. The Kier molecular flexibility index (Phi) is 9.69. The van der Waals surface area contributed by atoms with Gasteiger partial charge in [0.25, 0.3) is 0 Å². The predicted molar refractivity (Wildman–Crippen MR) is 98.0 cm³/mol. The number of aromatic nitrogens is 2. The molecule has 168 valence electrons. The number of nitrogens with zero attached hydrogens (tertiary/aromatic N) is 3. The van der Waals surface area contributed by atoms with Gasteiger partial charge >= 0.3 is 52.0 Å². The number of esters is 1. The van der Waals surface area contributed by atoms with Crippen molar-refractivity contribution >= 4 is 28.3 Å². The molecule has 0 atom stereocenters. The van der Waals surface area contributed by atoms with E-state index in [1.165, 1.54) is 25.3 Å². The summed E-state index contributed by atoms with van der Waals surface area (Å²) in [5, 5.41) is 1.99. The van der Waals surface area contributed by atoms with E-state index < -0.39 is 46.4 Å². The van der Waals surface area contributed by atoms with Crippen molar-refractivity contribution in [3.63, 3.8) is 0 Å². The summed E-state index contributed by atoms with van der Waals surface area (Å²) in [6.07, 6.45) is -4.79. The summed E-state index contributed by atoms with van der Waals surface area (Å²) in [5.41, 5.74) is -0.231. The zero-order valence-electron chi connectivity index (χ0n) is 16.8. The van der Waals surface area contributed by atoms with Crippen LogP contribution in [0, 0.1) is 6.92 Å². The predicted octanol–water partition coefficient (Wildman–Crippen LogP) is -0.254. The number of amides is 2. The van der Waals surface area contributed by atoms with Gasteiger partial charge in [0.2, 0.25) is 5.88 Å². The molecule has 2 aromatic rings. The van der Waals surface area contributed by atoms with Crippen molar-refractivity contribution in [2.24, 2.45) is 0 Å². The van der Waals surface area contributed by atoms with Gasteiger partial charge in [-0.05, 0) is 19.1 Å². The summed E-state index contributed by atoms with van der Waals surface area (Å²) in [7, 11) is -3.67. The van der Waals surface area contributed by atoms with Crippen molar-refractivity contribution in [3.05, 3.63) is 46.3 Å². The van der Waals surface area contributed by atoms with E-state index in [2.05, 4.69) is 23.6 Å². The normalized spacial score (nSPS) is 11.0. The van der Waals surface area contributed by atoms with E-state index in [9.17, 15) is 31.2 Å². The third kappa shape index (κ3) is 8.86. The molecule has 11 nitrogen and oxygen atoms in total. The molecule has 16 heteroatoms. The number of methoxy groups -OCH3 is 1. The maximum absolute atomic E-state index is 12.2. The Balaban J connectivity index is 0.00000512. The molecule has 2 rings (SSSR count). The maximum Gasteiger partial charge on any atom is 1.00 e. The molecule has 0 saturated heterocycles. The number of anilines is 1. The second-order valence-corrected chi connectivity index (χ2v) is 6.80. The van der Waals surface area contributed by atoms with Gasteiger partial charge in [-0.1, -0.05) is 12.1 Å². The first-order valence-electron chi connectivity index (χ1n) is 8.09. The summed E-state index contributed by atoms with van der Waals surface area (Å²) in [6.45, 7) is -0.328. The van der Waals surface area contributed by atoms with E-state index in [4.69, 9.17) is 4.74 Å². The van der Waals surface area contributed by atoms with Crippen LogP contribution in [-0.2, 0) is 15.0 Å². The van der Waals surface area contributed by atoms with Crippen molar-refractivity contribution in [1.29, 1.82) is 0 Å². The molecule has 0 aliphatic heterocycles. The number of urea groups is 1. The van der Waals surface area contributed by atoms with Crippen LogP contribution in [0.2, 0.25) is 0 Å². The van der Waals surface area contributed by atoms with Crippen LogP contribution < -0.4 is 43.8 Å². The molecular weight excluding hydrogens is 472 g/mol. The molecule has 0 unspecified atom stereocenters. The average Bonchev–Trinajstić information content (AvgIpc) is 2.64. The Morgan fingerprint density at radius 2 is 1.84 bits per heavy atom. The van der Waals surface area contributed by atoms with Gasteiger partial charge in [0.15, 0.2) is 18.4 Å². The van der Waals surface area contributed by atoms with Crippen LogP contribution in [0.15, 0.2) is 30.3 Å². The Morgan fingerprint density at radius 1 is 1.19 bits per heavy atom. The van der Waals surface area contributed by atoms with Gasteiger partial charge in [0.1, 0.15) is 11.5 Å². The Labute approximate surface area is 202 Å². The van der Waals surface area contributed by atoms with Crippen LogP contribution >= 0.6 is 0 Å². The summed E-state index contributed by atoms with van der Waals surface area (Å²) in [5.74, 6) is -2.40. The number of para-hydroxylation sites is 1. The Hall–Kier alpha value is -2.62. The SMILES string of the molecule is COc1cc(C)nc(NC(=O)[N-]S(=O)(=O)Oc2ccccc2C(=O)OCC(F)(F)F)n1.[Na+]. The first-order chi connectivity index (χ1) is 14.4. The molecule has 0 fully saturated rings. The molecule has 1 aromatic carbocycles. The molecule has 0 radical (unpaired) electrons. The fourth-order valence-electron chi connectivity index (χ4n) is 1.99. The molecule has 1 aromatic heterocycles.